The van der Waals surface area contributed by atoms with Gasteiger partial charge in [0.1, 0.15) is 13.2 Å². The van der Waals surface area contributed by atoms with E-state index in [1.807, 2.05) is 4.90 Å². The molecule has 0 radical (unpaired) electrons. The SMILES string of the molecule is O=C(CN1CCOC1=O)N1CCCN(C(=O)C2CCOCC2)CC1. The number of hydrogen-bond acceptors (Lipinski definition) is 5. The van der Waals surface area contributed by atoms with Crippen molar-refractivity contribution >= 4 is 17.9 Å². The summed E-state index contributed by atoms with van der Waals surface area (Å²) >= 11 is 0. The molecule has 3 amide bonds. The molecule has 8 heteroatoms. The molecule has 3 rings (SSSR count). The lowest BCUT2D eigenvalue weighted by atomic mass is 9.98. The summed E-state index contributed by atoms with van der Waals surface area (Å²) in [5.74, 6) is 0.172. The van der Waals surface area contributed by atoms with Crippen molar-refractivity contribution in [3.8, 4) is 0 Å². The molecule has 0 bridgehead atoms. The standard InChI is InChI=1S/C16H25N3O5/c20-14(12-19-8-11-24-16(19)22)17-4-1-5-18(7-6-17)15(21)13-2-9-23-10-3-13/h13H,1-12H2. The van der Waals surface area contributed by atoms with Crippen LogP contribution in [0.5, 0.6) is 0 Å². The van der Waals surface area contributed by atoms with Crippen molar-refractivity contribution in [2.24, 2.45) is 5.92 Å². The number of amides is 3. The smallest absolute Gasteiger partial charge is 0.410 e. The number of carbonyl (C=O) groups is 3. The van der Waals surface area contributed by atoms with E-state index in [1.165, 1.54) is 4.90 Å². The molecule has 3 heterocycles. The molecule has 0 unspecified atom stereocenters. The van der Waals surface area contributed by atoms with Gasteiger partial charge in [-0.1, -0.05) is 0 Å². The van der Waals surface area contributed by atoms with Gasteiger partial charge in [0.2, 0.25) is 11.8 Å². The van der Waals surface area contributed by atoms with Gasteiger partial charge in [-0.3, -0.25) is 14.5 Å². The molecular formula is C16H25N3O5. The van der Waals surface area contributed by atoms with Crippen molar-refractivity contribution in [2.45, 2.75) is 19.3 Å². The highest BCUT2D eigenvalue weighted by molar-refractivity contribution is 5.83. The highest BCUT2D eigenvalue weighted by atomic mass is 16.6. The Kier molecular flexibility index (Phi) is 5.55. The average Bonchev–Trinajstić information content (AvgIpc) is 2.87. The molecule has 134 valence electrons. The summed E-state index contributed by atoms with van der Waals surface area (Å²) in [5, 5.41) is 0. The van der Waals surface area contributed by atoms with Crippen molar-refractivity contribution in [2.75, 3.05) is 59.1 Å². The van der Waals surface area contributed by atoms with E-state index in [2.05, 4.69) is 0 Å². The zero-order chi connectivity index (χ0) is 16.9. The van der Waals surface area contributed by atoms with E-state index in [4.69, 9.17) is 9.47 Å². The maximum absolute atomic E-state index is 12.6. The third-order valence-electron chi connectivity index (χ3n) is 4.90. The maximum Gasteiger partial charge on any atom is 0.410 e. The Balaban J connectivity index is 1.49. The monoisotopic (exact) mass is 339 g/mol. The first-order valence-corrected chi connectivity index (χ1v) is 8.71. The van der Waals surface area contributed by atoms with E-state index >= 15 is 0 Å². The van der Waals surface area contributed by atoms with Gasteiger partial charge in [-0.15, -0.1) is 0 Å². The van der Waals surface area contributed by atoms with Crippen LogP contribution in [0.3, 0.4) is 0 Å². The number of nitrogens with zero attached hydrogens (tertiary/aromatic N) is 3. The first-order chi connectivity index (χ1) is 11.6. The minimum Gasteiger partial charge on any atom is -0.448 e. The first kappa shape index (κ1) is 17.0. The van der Waals surface area contributed by atoms with Crippen LogP contribution < -0.4 is 0 Å². The molecule has 0 atom stereocenters. The number of ether oxygens (including phenoxy) is 2. The lowest BCUT2D eigenvalue weighted by Crippen LogP contribution is -2.44. The minimum absolute atomic E-state index is 0.0559. The molecule has 3 fully saturated rings. The molecule has 0 aromatic heterocycles. The van der Waals surface area contributed by atoms with E-state index in [9.17, 15) is 14.4 Å². The second-order valence-electron chi connectivity index (χ2n) is 6.48. The second-order valence-corrected chi connectivity index (χ2v) is 6.48. The largest absolute Gasteiger partial charge is 0.448 e. The fourth-order valence-electron chi connectivity index (χ4n) is 3.42. The lowest BCUT2D eigenvalue weighted by molar-refractivity contribution is -0.139. The van der Waals surface area contributed by atoms with Crippen molar-refractivity contribution in [3.63, 3.8) is 0 Å². The van der Waals surface area contributed by atoms with Crippen LogP contribution in [0, 0.1) is 5.92 Å². The number of cyclic esters (lactones) is 1. The number of carbonyl (C=O) groups excluding carboxylic acids is 3. The van der Waals surface area contributed by atoms with Gasteiger partial charge in [0, 0.05) is 45.3 Å². The van der Waals surface area contributed by atoms with Crippen LogP contribution in [0.1, 0.15) is 19.3 Å². The van der Waals surface area contributed by atoms with Crippen LogP contribution in [0.2, 0.25) is 0 Å². The maximum atomic E-state index is 12.6. The van der Waals surface area contributed by atoms with Gasteiger partial charge in [-0.25, -0.2) is 4.79 Å². The van der Waals surface area contributed by atoms with Gasteiger partial charge in [0.05, 0.1) is 6.54 Å². The van der Waals surface area contributed by atoms with Crippen molar-refractivity contribution in [1.82, 2.24) is 14.7 Å². The Labute approximate surface area is 141 Å². The van der Waals surface area contributed by atoms with Crippen LogP contribution in [-0.4, -0.2) is 91.7 Å². The Morgan fingerprint density at radius 2 is 1.67 bits per heavy atom. The lowest BCUT2D eigenvalue weighted by Gasteiger charge is -2.28. The molecule has 0 N–H and O–H groups in total. The first-order valence-electron chi connectivity index (χ1n) is 8.71. The molecule has 0 aromatic carbocycles. The molecule has 3 aliphatic rings. The summed E-state index contributed by atoms with van der Waals surface area (Å²) in [6.07, 6.45) is 1.92. The van der Waals surface area contributed by atoms with Crippen molar-refractivity contribution < 1.29 is 23.9 Å². The minimum atomic E-state index is -0.422. The third kappa shape index (κ3) is 3.98. The summed E-state index contributed by atoms with van der Waals surface area (Å²) in [7, 11) is 0. The fraction of sp³-hybridized carbons (Fsp3) is 0.812. The van der Waals surface area contributed by atoms with Crippen LogP contribution in [0.15, 0.2) is 0 Å². The number of rotatable bonds is 3. The summed E-state index contributed by atoms with van der Waals surface area (Å²) in [6, 6.07) is 0. The van der Waals surface area contributed by atoms with Gasteiger partial charge >= 0.3 is 6.09 Å². The summed E-state index contributed by atoms with van der Waals surface area (Å²) in [5.41, 5.74) is 0. The van der Waals surface area contributed by atoms with Crippen LogP contribution >= 0.6 is 0 Å². The number of hydrogen-bond donors (Lipinski definition) is 0. The molecule has 0 aliphatic carbocycles. The van der Waals surface area contributed by atoms with Gasteiger partial charge in [0.25, 0.3) is 0 Å². The van der Waals surface area contributed by atoms with Gasteiger partial charge in [-0.05, 0) is 19.3 Å². The quantitative estimate of drug-likeness (QED) is 0.719. The fourth-order valence-corrected chi connectivity index (χ4v) is 3.42. The van der Waals surface area contributed by atoms with Crippen LogP contribution in [0.4, 0.5) is 4.79 Å². The van der Waals surface area contributed by atoms with E-state index in [-0.39, 0.29) is 24.3 Å². The molecule has 3 saturated heterocycles. The highest BCUT2D eigenvalue weighted by Gasteiger charge is 2.30. The Bertz CT molecular complexity index is 492. The van der Waals surface area contributed by atoms with Crippen LogP contribution in [-0.2, 0) is 19.1 Å². The summed E-state index contributed by atoms with van der Waals surface area (Å²) < 4.78 is 10.2. The van der Waals surface area contributed by atoms with Crippen molar-refractivity contribution in [3.05, 3.63) is 0 Å². The third-order valence-corrected chi connectivity index (χ3v) is 4.90. The molecular weight excluding hydrogens is 314 g/mol. The van der Waals surface area contributed by atoms with Gasteiger partial charge in [0.15, 0.2) is 0 Å². The van der Waals surface area contributed by atoms with Gasteiger partial charge < -0.3 is 19.3 Å². The summed E-state index contributed by atoms with van der Waals surface area (Å²) in [6.45, 7) is 4.58. The zero-order valence-corrected chi connectivity index (χ0v) is 13.9. The van der Waals surface area contributed by atoms with E-state index in [1.54, 1.807) is 4.90 Å². The topological polar surface area (TPSA) is 79.4 Å². The Morgan fingerprint density at radius 3 is 2.38 bits per heavy atom. The van der Waals surface area contributed by atoms with E-state index in [0.717, 1.165) is 19.3 Å². The normalized spacial score (nSPS) is 23.2. The second kappa shape index (κ2) is 7.83. The van der Waals surface area contributed by atoms with E-state index in [0.29, 0.717) is 52.5 Å². The summed E-state index contributed by atoms with van der Waals surface area (Å²) in [4.78, 5) is 41.5. The molecule has 24 heavy (non-hydrogen) atoms. The molecule has 0 saturated carbocycles. The molecule has 0 spiro atoms. The predicted octanol–water partition coefficient (Wildman–Crippen LogP) is -0.0739. The highest BCUT2D eigenvalue weighted by Crippen LogP contribution is 2.19. The van der Waals surface area contributed by atoms with Crippen molar-refractivity contribution in [1.29, 1.82) is 0 Å². The molecule has 0 aromatic rings. The van der Waals surface area contributed by atoms with Crippen LogP contribution in [0.25, 0.3) is 0 Å². The zero-order valence-electron chi connectivity index (χ0n) is 13.9. The Hall–Kier alpha value is -1.83. The Morgan fingerprint density at radius 1 is 0.958 bits per heavy atom. The van der Waals surface area contributed by atoms with Gasteiger partial charge in [-0.2, -0.15) is 0 Å². The molecule has 3 aliphatic heterocycles. The van der Waals surface area contributed by atoms with E-state index < -0.39 is 6.09 Å². The average molecular weight is 339 g/mol. The predicted molar refractivity (Wildman–Crippen MR) is 84.2 cm³/mol. The molecule has 8 nitrogen and oxygen atoms in total.